The van der Waals surface area contributed by atoms with Crippen LogP contribution in [0.4, 0.5) is 0 Å². The molecule has 4 aliphatic carbocycles. The molecule has 4 saturated carbocycles. The third kappa shape index (κ3) is 4.33. The normalized spacial score (nSPS) is 33.2. The summed E-state index contributed by atoms with van der Waals surface area (Å²) in [5, 5.41) is 0. The Bertz CT molecular complexity index is 729. The summed E-state index contributed by atoms with van der Waals surface area (Å²) in [5.41, 5.74) is -1.09. The Labute approximate surface area is 173 Å². The average Bonchev–Trinajstić information content (AvgIpc) is 2.55. The fraction of sp³-hybridized carbons (Fsp3) is 0.905. The highest BCUT2D eigenvalue weighted by molar-refractivity contribution is 7.87. The maximum absolute atomic E-state index is 12.8. The van der Waals surface area contributed by atoms with Crippen molar-refractivity contribution in [1.82, 2.24) is 0 Å². The Kier molecular flexibility index (Phi) is 5.84. The van der Waals surface area contributed by atoms with Crippen LogP contribution in [0.2, 0.25) is 0 Å². The highest BCUT2D eigenvalue weighted by atomic mass is 32.2. The molecule has 29 heavy (non-hydrogen) atoms. The molecule has 166 valence electrons. The van der Waals surface area contributed by atoms with Gasteiger partial charge in [0.05, 0.1) is 12.0 Å². The summed E-state index contributed by atoms with van der Waals surface area (Å²) in [6, 6.07) is 0. The zero-order chi connectivity index (χ0) is 21.7. The van der Waals surface area contributed by atoms with Crippen LogP contribution in [0.15, 0.2) is 0 Å². The van der Waals surface area contributed by atoms with Crippen LogP contribution in [-0.2, 0) is 29.2 Å². The Morgan fingerprint density at radius 2 is 1.48 bits per heavy atom. The van der Waals surface area contributed by atoms with Gasteiger partial charge in [-0.05, 0) is 95.8 Å². The van der Waals surface area contributed by atoms with E-state index in [1.807, 2.05) is 0 Å². The summed E-state index contributed by atoms with van der Waals surface area (Å²) in [4.78, 5) is 22.6. The van der Waals surface area contributed by atoms with E-state index >= 15 is 0 Å². The van der Waals surface area contributed by atoms with E-state index in [9.17, 15) is 22.6 Å². The van der Waals surface area contributed by atoms with Gasteiger partial charge in [0, 0.05) is 6.42 Å². The summed E-state index contributed by atoms with van der Waals surface area (Å²) in [5.74, 6) is -0.123. The lowest BCUT2D eigenvalue weighted by molar-refractivity contribution is -0.180. The summed E-state index contributed by atoms with van der Waals surface area (Å²) in [6.45, 7) is 6.15. The molecule has 0 spiro atoms. The van der Waals surface area contributed by atoms with Crippen LogP contribution in [0.25, 0.3) is 0 Å². The molecular weight excluding hydrogens is 396 g/mol. The first kappa shape index (κ1) is 22.5. The molecule has 0 aliphatic heterocycles. The number of hydrogen-bond donors (Lipinski definition) is 1. The van der Waals surface area contributed by atoms with Gasteiger partial charge in [-0.1, -0.05) is 0 Å². The van der Waals surface area contributed by atoms with Crippen LogP contribution < -0.4 is 0 Å². The molecule has 0 aromatic rings. The van der Waals surface area contributed by atoms with E-state index in [1.165, 1.54) is 26.2 Å². The SMILES string of the molecule is CCOC(=O)C(CCC12CC3CC(CC(C3)C1)C2)(OC(=O)C(C)(C)C)S(=O)(=O)O. The van der Waals surface area contributed by atoms with Crippen LogP contribution in [-0.4, -0.2) is 36.4 Å². The van der Waals surface area contributed by atoms with Gasteiger partial charge in [-0.15, -0.1) is 0 Å². The van der Waals surface area contributed by atoms with E-state index < -0.39 is 32.4 Å². The number of carbonyl (C=O) groups excluding carboxylic acids is 2. The van der Waals surface area contributed by atoms with Gasteiger partial charge >= 0.3 is 27.0 Å². The molecule has 7 nitrogen and oxygen atoms in total. The number of ether oxygens (including phenoxy) is 2. The second kappa shape index (κ2) is 7.52. The Balaban J connectivity index is 1.90. The quantitative estimate of drug-likeness (QED) is 0.484. The first-order chi connectivity index (χ1) is 13.3. The first-order valence-corrected chi connectivity index (χ1v) is 12.1. The molecule has 1 unspecified atom stereocenters. The molecule has 0 saturated heterocycles. The summed E-state index contributed by atoms with van der Waals surface area (Å²) in [7, 11) is -5.05. The summed E-state index contributed by atoms with van der Waals surface area (Å²) < 4.78 is 45.2. The Morgan fingerprint density at radius 3 is 1.86 bits per heavy atom. The molecule has 1 atom stereocenters. The molecule has 0 amide bonds. The largest absolute Gasteiger partial charge is 0.462 e. The smallest absolute Gasteiger partial charge is 0.369 e. The molecule has 0 heterocycles. The third-order valence-electron chi connectivity index (χ3n) is 7.02. The van der Waals surface area contributed by atoms with Gasteiger partial charge in [0.15, 0.2) is 0 Å². The highest BCUT2D eigenvalue weighted by Gasteiger charge is 2.59. The van der Waals surface area contributed by atoms with Crippen LogP contribution in [0.1, 0.15) is 79.1 Å². The van der Waals surface area contributed by atoms with Gasteiger partial charge in [-0.25, -0.2) is 4.79 Å². The second-order valence-electron chi connectivity index (χ2n) is 10.5. The molecule has 0 radical (unpaired) electrons. The van der Waals surface area contributed by atoms with Gasteiger partial charge in [0.2, 0.25) is 0 Å². The van der Waals surface area contributed by atoms with E-state index in [4.69, 9.17) is 9.47 Å². The van der Waals surface area contributed by atoms with Gasteiger partial charge < -0.3 is 9.47 Å². The zero-order valence-electron chi connectivity index (χ0n) is 17.9. The van der Waals surface area contributed by atoms with Gasteiger partial charge in [-0.2, -0.15) is 8.42 Å². The predicted molar refractivity (Wildman–Crippen MR) is 106 cm³/mol. The van der Waals surface area contributed by atoms with Crippen molar-refractivity contribution in [2.45, 2.75) is 84.0 Å². The maximum atomic E-state index is 12.8. The average molecular weight is 431 g/mol. The highest BCUT2D eigenvalue weighted by Crippen LogP contribution is 2.62. The molecular formula is C21H34O7S. The first-order valence-electron chi connectivity index (χ1n) is 10.7. The van der Waals surface area contributed by atoms with Crippen molar-refractivity contribution < 1.29 is 32.0 Å². The van der Waals surface area contributed by atoms with E-state index in [-0.39, 0.29) is 18.4 Å². The fourth-order valence-corrected chi connectivity index (χ4v) is 6.86. The standard InChI is InChI=1S/C21H34O7S/c1-5-27-18(23)21(29(24,25)26,28-17(22)19(2,3)4)7-6-20-11-14-8-15(12-20)10-16(9-14)13-20/h14-16H,5-13H2,1-4H3,(H,24,25,26). The Hall–Kier alpha value is -1.15. The van der Waals surface area contributed by atoms with Crippen molar-refractivity contribution >= 4 is 22.1 Å². The van der Waals surface area contributed by atoms with Crippen molar-refractivity contribution in [3.05, 3.63) is 0 Å². The van der Waals surface area contributed by atoms with E-state index in [1.54, 1.807) is 20.8 Å². The van der Waals surface area contributed by atoms with Crippen LogP contribution >= 0.6 is 0 Å². The molecule has 4 aliphatic rings. The van der Waals surface area contributed by atoms with Gasteiger partial charge in [0.25, 0.3) is 0 Å². The Morgan fingerprint density at radius 1 is 1.00 bits per heavy atom. The molecule has 4 rings (SSSR count). The molecule has 0 aromatic carbocycles. The summed E-state index contributed by atoms with van der Waals surface area (Å²) >= 11 is 0. The molecule has 4 fully saturated rings. The minimum absolute atomic E-state index is 0.0503. The fourth-order valence-electron chi connectivity index (χ4n) is 6.05. The van der Waals surface area contributed by atoms with Crippen LogP contribution in [0.3, 0.4) is 0 Å². The minimum Gasteiger partial charge on any atom is -0.462 e. The molecule has 0 aromatic heterocycles. The lowest BCUT2D eigenvalue weighted by atomic mass is 9.48. The predicted octanol–water partition coefficient (Wildman–Crippen LogP) is 3.72. The molecule has 1 N–H and O–H groups in total. The molecule has 8 heteroatoms. The summed E-state index contributed by atoms with van der Waals surface area (Å²) in [6.07, 6.45) is 6.87. The second-order valence-corrected chi connectivity index (χ2v) is 12.1. The van der Waals surface area contributed by atoms with Crippen molar-refractivity contribution in [2.24, 2.45) is 28.6 Å². The van der Waals surface area contributed by atoms with E-state index in [0.29, 0.717) is 24.2 Å². The van der Waals surface area contributed by atoms with E-state index in [0.717, 1.165) is 19.3 Å². The maximum Gasteiger partial charge on any atom is 0.369 e. The number of rotatable bonds is 7. The lowest BCUT2D eigenvalue weighted by Gasteiger charge is -2.57. The minimum atomic E-state index is -5.05. The van der Waals surface area contributed by atoms with Crippen molar-refractivity contribution in [1.29, 1.82) is 0 Å². The third-order valence-corrected chi connectivity index (χ3v) is 8.31. The number of esters is 2. The monoisotopic (exact) mass is 430 g/mol. The van der Waals surface area contributed by atoms with Crippen molar-refractivity contribution in [3.8, 4) is 0 Å². The zero-order valence-corrected chi connectivity index (χ0v) is 18.7. The van der Waals surface area contributed by atoms with Crippen LogP contribution in [0.5, 0.6) is 0 Å². The molecule has 4 bridgehead atoms. The van der Waals surface area contributed by atoms with Gasteiger partial charge in [-0.3, -0.25) is 9.35 Å². The van der Waals surface area contributed by atoms with Gasteiger partial charge in [0.1, 0.15) is 0 Å². The van der Waals surface area contributed by atoms with Crippen molar-refractivity contribution in [3.63, 3.8) is 0 Å². The topological polar surface area (TPSA) is 107 Å². The van der Waals surface area contributed by atoms with Crippen LogP contribution in [0, 0.1) is 28.6 Å². The van der Waals surface area contributed by atoms with Crippen molar-refractivity contribution in [2.75, 3.05) is 6.61 Å². The number of hydrogen-bond acceptors (Lipinski definition) is 6. The van der Waals surface area contributed by atoms with E-state index in [2.05, 4.69) is 0 Å². The lowest BCUT2D eigenvalue weighted by Crippen LogP contribution is -2.54. The number of carbonyl (C=O) groups is 2.